The van der Waals surface area contributed by atoms with E-state index < -0.39 is 18.5 Å². The Morgan fingerprint density at radius 1 is 1.03 bits per heavy atom. The minimum atomic E-state index is -0.661. The summed E-state index contributed by atoms with van der Waals surface area (Å²) in [7, 11) is 2.98. The quantitative estimate of drug-likeness (QED) is 0.389. The second kappa shape index (κ2) is 9.43. The number of allylic oxidation sites excluding steroid dienone is 2. The number of nitrogens with one attached hydrogen (secondary N) is 1. The molecule has 3 amide bonds. The number of hydrogen-bond donors (Lipinski definition) is 1. The van der Waals surface area contributed by atoms with Crippen molar-refractivity contribution < 1.29 is 33.4 Å². The summed E-state index contributed by atoms with van der Waals surface area (Å²) in [6.07, 6.45) is 4.75. The molecule has 1 aromatic carbocycles. The molecule has 0 radical (unpaired) electrons. The number of rotatable bonds is 8. The van der Waals surface area contributed by atoms with Crippen LogP contribution in [0.2, 0.25) is 0 Å². The van der Waals surface area contributed by atoms with Crippen LogP contribution in [0, 0.1) is 11.8 Å². The zero-order valence-corrected chi connectivity index (χ0v) is 16.9. The molecule has 2 aliphatic rings. The molecule has 0 saturated carbocycles. The Balaban J connectivity index is 1.44. The number of imide groups is 1. The van der Waals surface area contributed by atoms with Crippen LogP contribution in [0.15, 0.2) is 30.4 Å². The van der Waals surface area contributed by atoms with Crippen LogP contribution >= 0.6 is 0 Å². The molecule has 1 heterocycles. The molecule has 1 aromatic rings. The number of amides is 3. The smallest absolute Gasteiger partial charge is 0.308 e. The third-order valence-electron chi connectivity index (χ3n) is 5.17. The first-order chi connectivity index (χ1) is 14.4. The van der Waals surface area contributed by atoms with Gasteiger partial charge in [-0.3, -0.25) is 24.1 Å². The molecule has 9 nitrogen and oxygen atoms in total. The number of fused-ring (bicyclic) bond motifs is 1. The topological polar surface area (TPSA) is 111 Å². The number of nitrogens with zero attached hydrogens (tertiary/aromatic N) is 1. The van der Waals surface area contributed by atoms with Crippen molar-refractivity contribution in [2.75, 3.05) is 32.7 Å². The van der Waals surface area contributed by atoms with Crippen molar-refractivity contribution in [1.29, 1.82) is 0 Å². The van der Waals surface area contributed by atoms with Crippen LogP contribution in [0.4, 0.5) is 5.69 Å². The summed E-state index contributed by atoms with van der Waals surface area (Å²) >= 11 is 0. The number of hydrogen-bond acceptors (Lipinski definition) is 7. The fraction of sp³-hybridized carbons (Fsp3) is 0.429. The number of anilines is 1. The largest absolute Gasteiger partial charge is 0.493 e. The highest BCUT2D eigenvalue weighted by Crippen LogP contribution is 2.35. The summed E-state index contributed by atoms with van der Waals surface area (Å²) in [5, 5.41) is 2.59. The molecule has 160 valence electrons. The van der Waals surface area contributed by atoms with Gasteiger partial charge in [-0.15, -0.1) is 0 Å². The SMILES string of the molecule is COc1ccc(NC(=O)COC(=O)CCN2C(=O)[C@H]3CC=CC[C@@H]3C2=O)cc1OC. The molecule has 1 saturated heterocycles. The maximum atomic E-state index is 12.4. The molecule has 0 spiro atoms. The van der Waals surface area contributed by atoms with E-state index in [2.05, 4.69) is 5.32 Å². The van der Waals surface area contributed by atoms with Gasteiger partial charge in [0.2, 0.25) is 11.8 Å². The Bertz CT molecular complexity index is 854. The Morgan fingerprint density at radius 3 is 2.27 bits per heavy atom. The van der Waals surface area contributed by atoms with E-state index in [1.165, 1.54) is 14.2 Å². The van der Waals surface area contributed by atoms with Gasteiger partial charge in [0.15, 0.2) is 18.1 Å². The van der Waals surface area contributed by atoms with Gasteiger partial charge in [0.1, 0.15) is 0 Å². The van der Waals surface area contributed by atoms with Gasteiger partial charge in [-0.2, -0.15) is 0 Å². The predicted octanol–water partition coefficient (Wildman–Crippen LogP) is 1.53. The van der Waals surface area contributed by atoms with Gasteiger partial charge in [0, 0.05) is 18.3 Å². The van der Waals surface area contributed by atoms with Gasteiger partial charge in [-0.25, -0.2) is 0 Å². The highest BCUT2D eigenvalue weighted by atomic mass is 16.5. The number of carbonyl (C=O) groups excluding carboxylic acids is 4. The zero-order valence-electron chi connectivity index (χ0n) is 16.9. The van der Waals surface area contributed by atoms with Gasteiger partial charge in [0.05, 0.1) is 32.5 Å². The molecular weight excluding hydrogens is 392 g/mol. The minimum Gasteiger partial charge on any atom is -0.493 e. The van der Waals surface area contributed by atoms with Crippen molar-refractivity contribution in [3.05, 3.63) is 30.4 Å². The first-order valence-electron chi connectivity index (χ1n) is 9.62. The van der Waals surface area contributed by atoms with Crippen LogP contribution in [0.1, 0.15) is 19.3 Å². The average molecular weight is 416 g/mol. The molecule has 1 N–H and O–H groups in total. The molecule has 3 rings (SSSR count). The maximum Gasteiger partial charge on any atom is 0.308 e. The molecule has 0 aromatic heterocycles. The highest BCUT2D eigenvalue weighted by molar-refractivity contribution is 6.05. The van der Waals surface area contributed by atoms with Crippen molar-refractivity contribution in [3.63, 3.8) is 0 Å². The highest BCUT2D eigenvalue weighted by Gasteiger charge is 2.46. The standard InChI is InChI=1S/C21H24N2O7/c1-28-16-8-7-13(11-17(16)29-2)22-18(24)12-30-19(25)9-10-23-20(26)14-5-3-4-6-15(14)21(23)27/h3-4,7-8,11,14-15H,5-6,9-10,12H2,1-2H3,(H,22,24)/t14-,15-/m0/s1. The lowest BCUT2D eigenvalue weighted by Gasteiger charge is -2.14. The zero-order chi connectivity index (χ0) is 21.7. The summed E-state index contributed by atoms with van der Waals surface area (Å²) in [6, 6.07) is 4.84. The number of methoxy groups -OCH3 is 2. The van der Waals surface area contributed by atoms with Crippen molar-refractivity contribution in [3.8, 4) is 11.5 Å². The number of esters is 1. The fourth-order valence-electron chi connectivity index (χ4n) is 3.62. The lowest BCUT2D eigenvalue weighted by atomic mass is 9.85. The van der Waals surface area contributed by atoms with E-state index in [1.54, 1.807) is 18.2 Å². The van der Waals surface area contributed by atoms with E-state index in [0.717, 1.165) is 4.90 Å². The van der Waals surface area contributed by atoms with E-state index in [9.17, 15) is 19.2 Å². The van der Waals surface area contributed by atoms with Gasteiger partial charge >= 0.3 is 5.97 Å². The van der Waals surface area contributed by atoms with Gasteiger partial charge in [0.25, 0.3) is 5.91 Å². The first-order valence-corrected chi connectivity index (χ1v) is 9.62. The molecule has 1 aliphatic carbocycles. The average Bonchev–Trinajstić information content (AvgIpc) is 3.00. The van der Waals surface area contributed by atoms with Crippen molar-refractivity contribution in [1.82, 2.24) is 4.90 Å². The van der Waals surface area contributed by atoms with E-state index in [4.69, 9.17) is 14.2 Å². The summed E-state index contributed by atoms with van der Waals surface area (Å²) < 4.78 is 15.3. The molecule has 0 bridgehead atoms. The Labute approximate surface area is 174 Å². The lowest BCUT2D eigenvalue weighted by molar-refractivity contribution is -0.148. The molecular formula is C21H24N2O7. The first kappa shape index (κ1) is 21.4. The monoisotopic (exact) mass is 416 g/mol. The molecule has 1 fully saturated rings. The third-order valence-corrected chi connectivity index (χ3v) is 5.17. The molecule has 1 aliphatic heterocycles. The molecule has 2 atom stereocenters. The number of carbonyl (C=O) groups is 4. The van der Waals surface area contributed by atoms with Crippen molar-refractivity contribution in [2.24, 2.45) is 11.8 Å². The minimum absolute atomic E-state index is 0.0409. The van der Waals surface area contributed by atoms with Gasteiger partial charge in [-0.1, -0.05) is 12.2 Å². The van der Waals surface area contributed by atoms with Crippen LogP contribution in [-0.4, -0.2) is 56.0 Å². The number of benzene rings is 1. The number of ether oxygens (including phenoxy) is 3. The van der Waals surface area contributed by atoms with Crippen LogP contribution in [0.3, 0.4) is 0 Å². The number of likely N-dealkylation sites (tertiary alicyclic amines) is 1. The van der Waals surface area contributed by atoms with Crippen molar-refractivity contribution >= 4 is 29.4 Å². The van der Waals surface area contributed by atoms with E-state index in [0.29, 0.717) is 30.0 Å². The normalized spacial score (nSPS) is 20.0. The molecule has 30 heavy (non-hydrogen) atoms. The third kappa shape index (κ3) is 4.61. The van der Waals surface area contributed by atoms with E-state index in [-0.39, 0.29) is 36.6 Å². The molecule has 9 heteroatoms. The van der Waals surface area contributed by atoms with Crippen LogP contribution in [-0.2, 0) is 23.9 Å². The summed E-state index contributed by atoms with van der Waals surface area (Å²) in [5.41, 5.74) is 0.457. The second-order valence-electron chi connectivity index (χ2n) is 7.01. The summed E-state index contributed by atoms with van der Waals surface area (Å²) in [6.45, 7) is -0.523. The Morgan fingerprint density at radius 2 is 1.67 bits per heavy atom. The van der Waals surface area contributed by atoms with Gasteiger partial charge in [-0.05, 0) is 25.0 Å². The van der Waals surface area contributed by atoms with Crippen LogP contribution in [0.5, 0.6) is 11.5 Å². The molecule has 0 unspecified atom stereocenters. The van der Waals surface area contributed by atoms with E-state index in [1.807, 2.05) is 12.2 Å². The fourth-order valence-corrected chi connectivity index (χ4v) is 3.62. The Kier molecular flexibility index (Phi) is 6.71. The summed E-state index contributed by atoms with van der Waals surface area (Å²) in [4.78, 5) is 49.9. The van der Waals surface area contributed by atoms with Crippen molar-refractivity contribution in [2.45, 2.75) is 19.3 Å². The van der Waals surface area contributed by atoms with Crippen LogP contribution in [0.25, 0.3) is 0 Å². The lowest BCUT2D eigenvalue weighted by Crippen LogP contribution is -2.33. The Hall–Kier alpha value is -3.36. The van der Waals surface area contributed by atoms with E-state index >= 15 is 0 Å². The maximum absolute atomic E-state index is 12.4. The van der Waals surface area contributed by atoms with Crippen LogP contribution < -0.4 is 14.8 Å². The summed E-state index contributed by atoms with van der Waals surface area (Å²) in [5.74, 6) is -1.36. The predicted molar refractivity (Wildman–Crippen MR) is 106 cm³/mol. The second-order valence-corrected chi connectivity index (χ2v) is 7.01. The van der Waals surface area contributed by atoms with Gasteiger partial charge < -0.3 is 19.5 Å².